The summed E-state index contributed by atoms with van der Waals surface area (Å²) in [5, 5.41) is 0. The van der Waals surface area contributed by atoms with Gasteiger partial charge in [0.1, 0.15) is 25.0 Å². The van der Waals surface area contributed by atoms with Gasteiger partial charge in [0, 0.05) is 12.0 Å². The van der Waals surface area contributed by atoms with Gasteiger partial charge in [0.2, 0.25) is 5.82 Å². The van der Waals surface area contributed by atoms with E-state index in [1.807, 2.05) is 0 Å². The van der Waals surface area contributed by atoms with Gasteiger partial charge in [-0.25, -0.2) is 14.4 Å². The van der Waals surface area contributed by atoms with Crippen LogP contribution in [0.25, 0.3) is 0 Å². The largest absolute Gasteiger partial charge is 0.459 e. The van der Waals surface area contributed by atoms with Gasteiger partial charge < -0.3 is 14.2 Å². The Hall–Kier alpha value is -5.16. The number of rotatable bonds is 7. The molecule has 2 heterocycles. The van der Waals surface area contributed by atoms with E-state index in [-0.39, 0.29) is 34.3 Å². The Balaban J connectivity index is 1.44. The Kier molecular flexibility index (Phi) is 7.97. The van der Waals surface area contributed by atoms with Crippen LogP contribution in [-0.2, 0) is 14.2 Å². The van der Waals surface area contributed by atoms with Crippen LogP contribution in [0.5, 0.6) is 0 Å². The van der Waals surface area contributed by atoms with Crippen molar-refractivity contribution >= 4 is 17.8 Å². The zero-order valence-electron chi connectivity index (χ0n) is 21.4. The van der Waals surface area contributed by atoms with Crippen LogP contribution in [0.3, 0.4) is 0 Å². The van der Waals surface area contributed by atoms with Crippen molar-refractivity contribution in [2.45, 2.75) is 24.9 Å². The van der Waals surface area contributed by atoms with E-state index >= 15 is 0 Å². The summed E-state index contributed by atoms with van der Waals surface area (Å²) in [6, 6.07) is 23.8. The van der Waals surface area contributed by atoms with Crippen molar-refractivity contribution in [1.29, 1.82) is 0 Å². The minimum atomic E-state index is -1.42. The number of carbonyl (C=O) groups excluding carboxylic acids is 3. The third-order valence-electron chi connectivity index (χ3n) is 6.44. The normalized spacial score (nSPS) is 18.0. The van der Waals surface area contributed by atoms with E-state index in [0.29, 0.717) is 6.20 Å². The van der Waals surface area contributed by atoms with E-state index in [0.717, 1.165) is 4.57 Å². The first-order chi connectivity index (χ1) is 19.8. The molecule has 208 valence electrons. The molecule has 0 radical (unpaired) electrons. The molecule has 41 heavy (non-hydrogen) atoms. The van der Waals surface area contributed by atoms with Crippen molar-refractivity contribution in [3.63, 3.8) is 0 Å². The first-order valence-corrected chi connectivity index (χ1v) is 12.6. The third-order valence-corrected chi connectivity index (χ3v) is 6.44. The molecule has 1 fully saturated rings. The molecule has 11 heteroatoms. The van der Waals surface area contributed by atoms with Gasteiger partial charge in [0.05, 0.1) is 17.3 Å². The minimum Gasteiger partial charge on any atom is -0.459 e. The number of aromatic nitrogens is 2. The van der Waals surface area contributed by atoms with E-state index in [4.69, 9.17) is 14.2 Å². The molecule has 0 bridgehead atoms. The maximum atomic E-state index is 14.8. The van der Waals surface area contributed by atoms with Crippen LogP contribution in [-0.4, -0.2) is 45.8 Å². The number of esters is 2. The molecule has 10 nitrogen and oxygen atoms in total. The van der Waals surface area contributed by atoms with Gasteiger partial charge >= 0.3 is 17.6 Å². The summed E-state index contributed by atoms with van der Waals surface area (Å²) < 4.78 is 32.6. The Labute approximate surface area is 232 Å². The highest BCUT2D eigenvalue weighted by Crippen LogP contribution is 2.31. The van der Waals surface area contributed by atoms with E-state index in [9.17, 15) is 28.4 Å². The molecule has 1 saturated heterocycles. The second-order valence-electron chi connectivity index (χ2n) is 9.12. The predicted octanol–water partition coefficient (Wildman–Crippen LogP) is 3.21. The van der Waals surface area contributed by atoms with Gasteiger partial charge in [0.15, 0.2) is 0 Å². The molecule has 3 atom stereocenters. The fraction of sp³-hybridized carbons (Fsp3) is 0.167. The highest BCUT2D eigenvalue weighted by atomic mass is 19.1. The maximum Gasteiger partial charge on any atom is 0.340 e. The number of hydrogen-bond donors (Lipinski definition) is 0. The maximum absolute atomic E-state index is 14.8. The van der Waals surface area contributed by atoms with Crippen LogP contribution in [0.4, 0.5) is 4.39 Å². The fourth-order valence-corrected chi connectivity index (χ4v) is 4.38. The first kappa shape index (κ1) is 27.4. The Morgan fingerprint density at radius 3 is 1.93 bits per heavy atom. The van der Waals surface area contributed by atoms with Crippen molar-refractivity contribution in [2.75, 3.05) is 6.61 Å². The molecular formula is C30H23FN2O8. The summed E-state index contributed by atoms with van der Waals surface area (Å²) in [6.07, 6.45) is -2.87. The predicted molar refractivity (Wildman–Crippen MR) is 142 cm³/mol. The summed E-state index contributed by atoms with van der Waals surface area (Å²) in [6.45, 7) is -0.364. The lowest BCUT2D eigenvalue weighted by molar-refractivity contribution is -0.0586. The van der Waals surface area contributed by atoms with Crippen molar-refractivity contribution < 1.29 is 33.0 Å². The van der Waals surface area contributed by atoms with E-state index in [1.165, 1.54) is 24.3 Å². The highest BCUT2D eigenvalue weighted by molar-refractivity contribution is 5.95. The smallest absolute Gasteiger partial charge is 0.340 e. The molecule has 3 aromatic carbocycles. The van der Waals surface area contributed by atoms with Gasteiger partial charge in [-0.3, -0.25) is 14.2 Å². The molecule has 4 aromatic rings. The number of carbonyl (C=O) groups is 3. The average Bonchev–Trinajstić information content (AvgIpc) is 3.41. The molecular weight excluding hydrogens is 535 g/mol. The van der Waals surface area contributed by atoms with Crippen LogP contribution in [0.1, 0.15) is 43.7 Å². The number of hydrogen-bond acceptors (Lipinski definition) is 8. The van der Waals surface area contributed by atoms with Crippen LogP contribution < -0.4 is 11.2 Å². The van der Waals surface area contributed by atoms with E-state index in [2.05, 4.69) is 0 Å². The Morgan fingerprint density at radius 2 is 1.34 bits per heavy atom. The molecule has 1 aliphatic heterocycles. The Bertz CT molecular complexity index is 1690. The molecule has 1 aromatic heterocycles. The van der Waals surface area contributed by atoms with E-state index < -0.39 is 53.3 Å². The number of nitrogens with zero attached hydrogens (tertiary/aromatic N) is 2. The van der Waals surface area contributed by atoms with Gasteiger partial charge in [-0.15, -0.1) is 0 Å². The van der Waals surface area contributed by atoms with Gasteiger partial charge in [-0.1, -0.05) is 54.6 Å². The van der Waals surface area contributed by atoms with Gasteiger partial charge in [0.25, 0.3) is 11.5 Å². The number of ether oxygens (including phenoxy) is 3. The molecule has 1 aliphatic rings. The molecule has 0 aliphatic carbocycles. The lowest BCUT2D eigenvalue weighted by Crippen LogP contribution is -2.46. The zero-order valence-corrected chi connectivity index (χ0v) is 21.4. The Morgan fingerprint density at radius 1 is 0.805 bits per heavy atom. The second kappa shape index (κ2) is 11.9. The summed E-state index contributed by atoms with van der Waals surface area (Å²) in [5.41, 5.74) is -2.04. The summed E-state index contributed by atoms with van der Waals surface area (Å²) >= 11 is 0. The molecule has 0 saturated carbocycles. The zero-order chi connectivity index (χ0) is 28.9. The molecule has 0 spiro atoms. The van der Waals surface area contributed by atoms with Crippen LogP contribution in [0, 0.1) is 5.82 Å². The monoisotopic (exact) mass is 558 g/mol. The topological polar surface area (TPSA) is 123 Å². The van der Waals surface area contributed by atoms with Crippen LogP contribution >= 0.6 is 0 Å². The molecule has 0 N–H and O–H groups in total. The van der Waals surface area contributed by atoms with Crippen LogP contribution in [0.15, 0.2) is 107 Å². The fourth-order valence-electron chi connectivity index (χ4n) is 4.38. The lowest BCUT2D eigenvalue weighted by Gasteiger charge is -2.19. The van der Waals surface area contributed by atoms with Gasteiger partial charge in [-0.2, -0.15) is 8.96 Å². The van der Waals surface area contributed by atoms with Crippen LogP contribution in [0.2, 0.25) is 0 Å². The van der Waals surface area contributed by atoms with Crippen molar-refractivity contribution in [2.24, 2.45) is 0 Å². The summed E-state index contributed by atoms with van der Waals surface area (Å²) in [4.78, 5) is 64.1. The first-order valence-electron chi connectivity index (χ1n) is 12.6. The number of benzene rings is 3. The lowest BCUT2D eigenvalue weighted by atomic mass is 10.1. The van der Waals surface area contributed by atoms with Crippen molar-refractivity contribution in [3.8, 4) is 0 Å². The molecule has 0 amide bonds. The number of halogens is 1. The third kappa shape index (κ3) is 5.89. The minimum absolute atomic E-state index is 0.00319. The SMILES string of the molecule is O=C(OCC1OC(n2cc(F)c(=O)n(C(=O)c3ccccc3)c2=O)CC1OC(=O)c1ccccc1)c1ccccc1. The highest BCUT2D eigenvalue weighted by Gasteiger charge is 2.41. The second-order valence-corrected chi connectivity index (χ2v) is 9.12. The standard InChI is InChI=1S/C30H23FN2O8/c31-22-17-32(30(38)33(27(22)35)26(34)19-10-4-1-5-11-19)25-16-23(41-29(37)21-14-8-3-9-15-21)24(40-25)18-39-28(36)20-12-6-2-7-13-20/h1-15,17,23-25H,16,18H2. The van der Waals surface area contributed by atoms with E-state index in [1.54, 1.807) is 66.7 Å². The van der Waals surface area contributed by atoms with Crippen molar-refractivity contribution in [1.82, 2.24) is 9.13 Å². The quantitative estimate of drug-likeness (QED) is 0.317. The molecule has 5 rings (SSSR count). The average molecular weight is 559 g/mol. The summed E-state index contributed by atoms with van der Waals surface area (Å²) in [7, 11) is 0. The van der Waals surface area contributed by atoms with Gasteiger partial charge in [-0.05, 0) is 36.4 Å². The molecule has 3 unspecified atom stereocenters. The van der Waals surface area contributed by atoms with Crippen molar-refractivity contribution in [3.05, 3.63) is 141 Å². The summed E-state index contributed by atoms with van der Waals surface area (Å²) in [5.74, 6) is -3.74.